The van der Waals surface area contributed by atoms with E-state index >= 15 is 0 Å². The number of hydrogen-bond donors (Lipinski definition) is 3. The number of carbonyl (C=O) groups excluding carboxylic acids is 1. The molecule has 0 aromatic heterocycles. The molecule has 9 heteroatoms. The summed E-state index contributed by atoms with van der Waals surface area (Å²) in [6.07, 6.45) is -1.79. The van der Waals surface area contributed by atoms with E-state index in [-0.39, 0.29) is 17.9 Å². The molecule has 0 radical (unpaired) electrons. The van der Waals surface area contributed by atoms with Crippen molar-refractivity contribution in [2.45, 2.75) is 30.9 Å². The van der Waals surface area contributed by atoms with Crippen molar-refractivity contribution in [2.75, 3.05) is 40.4 Å². The average molecular weight is 400 g/mol. The summed E-state index contributed by atoms with van der Waals surface area (Å²) in [6, 6.07) is 5.53. The summed E-state index contributed by atoms with van der Waals surface area (Å²) in [5.41, 5.74) is -0.320. The summed E-state index contributed by atoms with van der Waals surface area (Å²) in [6.45, 7) is 1.33. The summed E-state index contributed by atoms with van der Waals surface area (Å²) >= 11 is 0. The number of aliphatic imine (C=N–C) groups is 1. The van der Waals surface area contributed by atoms with Gasteiger partial charge in [0.2, 0.25) is 5.91 Å². The van der Waals surface area contributed by atoms with Gasteiger partial charge in [-0.05, 0) is 24.5 Å². The standard InChI is InChI=1S/C19H27F3N4O2/c1-23-17(25-12-16(27)24-9-10-28-2)26-13-18(7-4-8-18)14-5-3-6-15(11-14)19(20,21)22/h3,5-6,11H,4,7-10,12-13H2,1-2H3,(H,24,27)(H2,23,25,26). The van der Waals surface area contributed by atoms with Gasteiger partial charge in [0, 0.05) is 32.7 Å². The molecule has 0 unspecified atom stereocenters. The van der Waals surface area contributed by atoms with E-state index in [1.165, 1.54) is 12.1 Å². The van der Waals surface area contributed by atoms with Gasteiger partial charge in [0.05, 0.1) is 18.7 Å². The van der Waals surface area contributed by atoms with Gasteiger partial charge in [0.1, 0.15) is 0 Å². The Bertz CT molecular complexity index is 688. The van der Waals surface area contributed by atoms with Crippen LogP contribution < -0.4 is 16.0 Å². The number of hydrogen-bond acceptors (Lipinski definition) is 3. The van der Waals surface area contributed by atoms with Crippen LogP contribution in [0.5, 0.6) is 0 Å². The molecule has 0 atom stereocenters. The molecule has 0 bridgehead atoms. The maximum absolute atomic E-state index is 13.0. The second-order valence-electron chi connectivity index (χ2n) is 6.83. The smallest absolute Gasteiger partial charge is 0.383 e. The number of alkyl halides is 3. The van der Waals surface area contributed by atoms with Gasteiger partial charge in [0.25, 0.3) is 0 Å². The lowest BCUT2D eigenvalue weighted by atomic mass is 9.64. The number of benzene rings is 1. The van der Waals surface area contributed by atoms with Crippen molar-refractivity contribution in [1.29, 1.82) is 0 Å². The first-order chi connectivity index (χ1) is 13.3. The highest BCUT2D eigenvalue weighted by Crippen LogP contribution is 2.44. The molecular formula is C19H27F3N4O2. The molecule has 1 amide bonds. The Labute approximate surface area is 162 Å². The average Bonchev–Trinajstić information content (AvgIpc) is 2.63. The molecule has 1 fully saturated rings. The van der Waals surface area contributed by atoms with Crippen LogP contribution in [-0.2, 0) is 21.1 Å². The zero-order valence-electron chi connectivity index (χ0n) is 16.2. The molecule has 3 N–H and O–H groups in total. The highest BCUT2D eigenvalue weighted by atomic mass is 19.4. The van der Waals surface area contributed by atoms with Crippen LogP contribution in [0.15, 0.2) is 29.3 Å². The van der Waals surface area contributed by atoms with Crippen LogP contribution in [0.2, 0.25) is 0 Å². The molecule has 0 aliphatic heterocycles. The first kappa shape index (κ1) is 22.0. The number of carbonyl (C=O) groups is 1. The lowest BCUT2D eigenvalue weighted by Crippen LogP contribution is -2.50. The van der Waals surface area contributed by atoms with Crippen molar-refractivity contribution >= 4 is 11.9 Å². The summed E-state index contributed by atoms with van der Waals surface area (Å²) in [7, 11) is 3.13. The molecule has 1 aromatic carbocycles. The zero-order chi connectivity index (χ0) is 20.6. The van der Waals surface area contributed by atoms with Crippen LogP contribution in [0.3, 0.4) is 0 Å². The molecular weight excluding hydrogens is 373 g/mol. The minimum atomic E-state index is -4.36. The second-order valence-corrected chi connectivity index (χ2v) is 6.83. The third-order valence-electron chi connectivity index (χ3n) is 4.98. The number of rotatable bonds is 8. The lowest BCUT2D eigenvalue weighted by Gasteiger charge is -2.43. The van der Waals surface area contributed by atoms with Gasteiger partial charge in [-0.3, -0.25) is 9.79 Å². The van der Waals surface area contributed by atoms with Crippen molar-refractivity contribution in [3.63, 3.8) is 0 Å². The lowest BCUT2D eigenvalue weighted by molar-refractivity contribution is -0.137. The molecule has 0 spiro atoms. The van der Waals surface area contributed by atoms with Gasteiger partial charge in [-0.25, -0.2) is 0 Å². The number of guanidine groups is 1. The van der Waals surface area contributed by atoms with Crippen molar-refractivity contribution in [3.05, 3.63) is 35.4 Å². The fourth-order valence-corrected chi connectivity index (χ4v) is 3.19. The Kier molecular flexibility index (Phi) is 7.68. The van der Waals surface area contributed by atoms with Crippen LogP contribution in [-0.4, -0.2) is 52.3 Å². The largest absolute Gasteiger partial charge is 0.416 e. The summed E-state index contributed by atoms with van der Waals surface area (Å²) in [5.74, 6) is 0.233. The minimum absolute atomic E-state index is 0.0416. The Balaban J connectivity index is 1.94. The summed E-state index contributed by atoms with van der Waals surface area (Å²) < 4.78 is 44.0. The van der Waals surface area contributed by atoms with Crippen molar-refractivity contribution in [1.82, 2.24) is 16.0 Å². The van der Waals surface area contributed by atoms with E-state index in [1.54, 1.807) is 20.2 Å². The maximum Gasteiger partial charge on any atom is 0.416 e. The molecule has 28 heavy (non-hydrogen) atoms. The fourth-order valence-electron chi connectivity index (χ4n) is 3.19. The number of amides is 1. The molecule has 1 aromatic rings. The Morgan fingerprint density at radius 1 is 1.25 bits per heavy atom. The van der Waals surface area contributed by atoms with Crippen molar-refractivity contribution in [3.8, 4) is 0 Å². The van der Waals surface area contributed by atoms with E-state index in [2.05, 4.69) is 20.9 Å². The second kappa shape index (κ2) is 9.77. The fraction of sp³-hybridized carbons (Fsp3) is 0.579. The number of methoxy groups -OCH3 is 1. The van der Waals surface area contributed by atoms with E-state index in [0.29, 0.717) is 31.2 Å². The zero-order valence-corrected chi connectivity index (χ0v) is 16.2. The Morgan fingerprint density at radius 3 is 2.57 bits per heavy atom. The van der Waals surface area contributed by atoms with E-state index in [0.717, 1.165) is 25.3 Å². The molecule has 1 saturated carbocycles. The highest BCUT2D eigenvalue weighted by Gasteiger charge is 2.40. The summed E-state index contributed by atoms with van der Waals surface area (Å²) in [5, 5.41) is 8.74. The number of ether oxygens (including phenoxy) is 1. The van der Waals surface area contributed by atoms with E-state index in [4.69, 9.17) is 4.74 Å². The van der Waals surface area contributed by atoms with Crippen molar-refractivity contribution < 1.29 is 22.7 Å². The predicted octanol–water partition coefficient (Wildman–Crippen LogP) is 2.05. The van der Waals surface area contributed by atoms with Crippen LogP contribution in [0, 0.1) is 0 Å². The van der Waals surface area contributed by atoms with Crippen LogP contribution in [0.1, 0.15) is 30.4 Å². The van der Waals surface area contributed by atoms with Gasteiger partial charge in [-0.1, -0.05) is 24.6 Å². The molecule has 156 valence electrons. The SMILES string of the molecule is CN=C(NCC(=O)NCCOC)NCC1(c2cccc(C(F)(F)F)c2)CCC1. The van der Waals surface area contributed by atoms with Gasteiger partial charge < -0.3 is 20.7 Å². The third kappa shape index (κ3) is 5.85. The van der Waals surface area contributed by atoms with Gasteiger partial charge in [0.15, 0.2) is 5.96 Å². The van der Waals surface area contributed by atoms with Crippen molar-refractivity contribution in [2.24, 2.45) is 4.99 Å². The molecule has 1 aliphatic carbocycles. The highest BCUT2D eigenvalue weighted by molar-refractivity contribution is 5.86. The third-order valence-corrected chi connectivity index (χ3v) is 4.98. The first-order valence-corrected chi connectivity index (χ1v) is 9.19. The van der Waals surface area contributed by atoms with Gasteiger partial charge in [-0.2, -0.15) is 13.2 Å². The molecule has 6 nitrogen and oxygen atoms in total. The normalized spacial score (nSPS) is 16.2. The topological polar surface area (TPSA) is 74.8 Å². The van der Waals surface area contributed by atoms with Crippen LogP contribution in [0.4, 0.5) is 13.2 Å². The quantitative estimate of drug-likeness (QED) is 0.355. The molecule has 1 aliphatic rings. The number of nitrogens with one attached hydrogen (secondary N) is 3. The van der Waals surface area contributed by atoms with Gasteiger partial charge in [-0.15, -0.1) is 0 Å². The number of halogens is 3. The first-order valence-electron chi connectivity index (χ1n) is 9.19. The molecule has 2 rings (SSSR count). The van der Waals surface area contributed by atoms with Crippen LogP contribution in [0.25, 0.3) is 0 Å². The maximum atomic E-state index is 13.0. The van der Waals surface area contributed by atoms with E-state index in [1.807, 2.05) is 0 Å². The van der Waals surface area contributed by atoms with E-state index < -0.39 is 11.7 Å². The number of nitrogens with zero attached hydrogens (tertiary/aromatic N) is 1. The monoisotopic (exact) mass is 400 g/mol. The Hall–Kier alpha value is -2.29. The Morgan fingerprint density at radius 2 is 2.00 bits per heavy atom. The van der Waals surface area contributed by atoms with Crippen LogP contribution >= 0.6 is 0 Å². The minimum Gasteiger partial charge on any atom is -0.383 e. The molecule has 0 saturated heterocycles. The predicted molar refractivity (Wildman–Crippen MR) is 101 cm³/mol. The molecule has 0 heterocycles. The van der Waals surface area contributed by atoms with E-state index in [9.17, 15) is 18.0 Å². The van der Waals surface area contributed by atoms with Gasteiger partial charge >= 0.3 is 6.18 Å². The summed E-state index contributed by atoms with van der Waals surface area (Å²) in [4.78, 5) is 15.8.